The summed E-state index contributed by atoms with van der Waals surface area (Å²) >= 11 is 0. The summed E-state index contributed by atoms with van der Waals surface area (Å²) in [6.07, 6.45) is 0. The van der Waals surface area contributed by atoms with E-state index in [0.717, 1.165) is 28.3 Å². The standard InChI is InChI=1S/C68H46N2/c1-3-15-49(16-4-1)60-26-12-19-51-31-32-55(46-65(51)60)48-35-41-57(42-36-48)69(58-43-37-52(38-44-58)62-28-14-21-53-20-13-27-61(68(53)62)50-17-5-2-6-18-50)56-39-33-47(34-40-56)54-22-11-23-59(45-54)70-66-29-9-7-24-63(66)64-25-8-10-30-67(64)70/h1-46H. The number of rotatable bonds is 9. The second-order valence-corrected chi connectivity index (χ2v) is 18.1. The Kier molecular flexibility index (Phi) is 10.2. The normalized spacial score (nSPS) is 11.4. The number of anilines is 3. The summed E-state index contributed by atoms with van der Waals surface area (Å²) in [5.41, 5.74) is 18.8. The average Bonchev–Trinajstić information content (AvgIpc) is 3.78. The Morgan fingerprint density at radius 2 is 0.657 bits per heavy atom. The highest BCUT2D eigenvalue weighted by Crippen LogP contribution is 2.42. The molecule has 13 rings (SSSR count). The third-order valence-electron chi connectivity index (χ3n) is 14.0. The summed E-state index contributed by atoms with van der Waals surface area (Å²) in [6.45, 7) is 0. The molecule has 2 nitrogen and oxygen atoms in total. The lowest BCUT2D eigenvalue weighted by atomic mass is 9.91. The molecule has 0 unspecified atom stereocenters. The van der Waals surface area contributed by atoms with Crippen LogP contribution in [-0.4, -0.2) is 4.57 Å². The van der Waals surface area contributed by atoms with Crippen molar-refractivity contribution >= 4 is 60.4 Å². The zero-order valence-corrected chi connectivity index (χ0v) is 38.5. The molecule has 12 aromatic carbocycles. The van der Waals surface area contributed by atoms with Crippen LogP contribution in [0.5, 0.6) is 0 Å². The Morgan fingerprint density at radius 3 is 1.23 bits per heavy atom. The maximum atomic E-state index is 2.39. The number of benzene rings is 12. The lowest BCUT2D eigenvalue weighted by molar-refractivity contribution is 1.18. The van der Waals surface area contributed by atoms with Gasteiger partial charge in [0.25, 0.3) is 0 Å². The molecule has 1 aromatic heterocycles. The zero-order valence-electron chi connectivity index (χ0n) is 38.5. The molecule has 13 aromatic rings. The number of nitrogens with zero attached hydrogens (tertiary/aromatic N) is 2. The van der Waals surface area contributed by atoms with Gasteiger partial charge >= 0.3 is 0 Å². The van der Waals surface area contributed by atoms with E-state index >= 15 is 0 Å². The van der Waals surface area contributed by atoms with Gasteiger partial charge in [0.2, 0.25) is 0 Å². The molecule has 0 spiro atoms. The van der Waals surface area contributed by atoms with Crippen LogP contribution < -0.4 is 4.90 Å². The van der Waals surface area contributed by atoms with Gasteiger partial charge in [-0.25, -0.2) is 0 Å². The van der Waals surface area contributed by atoms with E-state index in [2.05, 4.69) is 289 Å². The molecule has 0 fully saturated rings. The van der Waals surface area contributed by atoms with Crippen molar-refractivity contribution in [3.63, 3.8) is 0 Å². The maximum Gasteiger partial charge on any atom is 0.0541 e. The summed E-state index contributed by atoms with van der Waals surface area (Å²) in [6, 6.07) is 102. The van der Waals surface area contributed by atoms with E-state index in [4.69, 9.17) is 0 Å². The number of aromatic nitrogens is 1. The maximum absolute atomic E-state index is 2.39. The van der Waals surface area contributed by atoms with Gasteiger partial charge in [0, 0.05) is 33.5 Å². The fraction of sp³-hybridized carbons (Fsp3) is 0. The second kappa shape index (κ2) is 17.4. The lowest BCUT2D eigenvalue weighted by Crippen LogP contribution is -2.09. The monoisotopic (exact) mass is 890 g/mol. The van der Waals surface area contributed by atoms with E-state index < -0.39 is 0 Å². The van der Waals surface area contributed by atoms with Crippen molar-refractivity contribution in [2.45, 2.75) is 0 Å². The van der Waals surface area contributed by atoms with E-state index in [9.17, 15) is 0 Å². The molecule has 70 heavy (non-hydrogen) atoms. The molecule has 0 atom stereocenters. The van der Waals surface area contributed by atoms with Crippen LogP contribution in [0.25, 0.3) is 105 Å². The fourth-order valence-electron chi connectivity index (χ4n) is 10.6. The van der Waals surface area contributed by atoms with Crippen LogP contribution in [0, 0.1) is 0 Å². The van der Waals surface area contributed by atoms with Crippen LogP contribution in [0.15, 0.2) is 279 Å². The van der Waals surface area contributed by atoms with Crippen LogP contribution in [-0.2, 0) is 0 Å². The van der Waals surface area contributed by atoms with Crippen LogP contribution in [0.4, 0.5) is 17.1 Å². The third kappa shape index (κ3) is 7.31. The minimum absolute atomic E-state index is 1.08. The first-order chi connectivity index (χ1) is 34.7. The van der Waals surface area contributed by atoms with Crippen LogP contribution in [0.1, 0.15) is 0 Å². The zero-order chi connectivity index (χ0) is 46.4. The van der Waals surface area contributed by atoms with Crippen molar-refractivity contribution in [1.82, 2.24) is 4.57 Å². The first-order valence-electron chi connectivity index (χ1n) is 24.1. The van der Waals surface area contributed by atoms with Gasteiger partial charge in [-0.05, 0) is 144 Å². The molecule has 0 aliphatic carbocycles. The molecule has 2 heteroatoms. The molecule has 0 N–H and O–H groups in total. The molecule has 0 saturated carbocycles. The Hall–Kier alpha value is -9.24. The quantitative estimate of drug-likeness (QED) is 0.140. The van der Waals surface area contributed by atoms with Crippen LogP contribution in [0.2, 0.25) is 0 Å². The lowest BCUT2D eigenvalue weighted by Gasteiger charge is -2.26. The largest absolute Gasteiger partial charge is 0.311 e. The van der Waals surface area contributed by atoms with Gasteiger partial charge in [-0.15, -0.1) is 0 Å². The van der Waals surface area contributed by atoms with E-state index in [1.807, 2.05) is 0 Å². The predicted molar refractivity (Wildman–Crippen MR) is 298 cm³/mol. The van der Waals surface area contributed by atoms with Gasteiger partial charge < -0.3 is 9.47 Å². The number of hydrogen-bond donors (Lipinski definition) is 0. The van der Waals surface area contributed by atoms with E-state index in [-0.39, 0.29) is 0 Å². The topological polar surface area (TPSA) is 8.17 Å². The first-order valence-corrected chi connectivity index (χ1v) is 24.1. The summed E-state index contributed by atoms with van der Waals surface area (Å²) < 4.78 is 2.39. The van der Waals surface area contributed by atoms with Crippen molar-refractivity contribution < 1.29 is 0 Å². The summed E-state index contributed by atoms with van der Waals surface area (Å²) in [4.78, 5) is 2.37. The van der Waals surface area contributed by atoms with Crippen molar-refractivity contribution in [3.05, 3.63) is 279 Å². The average molecular weight is 891 g/mol. The highest BCUT2D eigenvalue weighted by atomic mass is 15.1. The van der Waals surface area contributed by atoms with Crippen molar-refractivity contribution in [2.24, 2.45) is 0 Å². The molecule has 0 radical (unpaired) electrons. The highest BCUT2D eigenvalue weighted by Gasteiger charge is 2.17. The molecular weight excluding hydrogens is 845 g/mol. The van der Waals surface area contributed by atoms with Crippen molar-refractivity contribution in [3.8, 4) is 61.3 Å². The SMILES string of the molecule is c1ccc(-c2cccc3ccc(-c4ccc(N(c5ccc(-c6cccc(-n7c8ccccc8c8ccccc87)c6)cc5)c5ccc(-c6cccc7cccc(-c8ccccc8)c67)cc5)cc4)cc23)cc1. The van der Waals surface area contributed by atoms with E-state index in [0.29, 0.717) is 0 Å². The van der Waals surface area contributed by atoms with E-state index in [1.165, 1.54) is 93.4 Å². The molecule has 0 bridgehead atoms. The van der Waals surface area contributed by atoms with Gasteiger partial charge in [-0.1, -0.05) is 212 Å². The van der Waals surface area contributed by atoms with Crippen LogP contribution >= 0.6 is 0 Å². The molecule has 0 saturated heterocycles. The van der Waals surface area contributed by atoms with Gasteiger partial charge in [0.15, 0.2) is 0 Å². The van der Waals surface area contributed by atoms with Crippen molar-refractivity contribution in [1.29, 1.82) is 0 Å². The van der Waals surface area contributed by atoms with Gasteiger partial charge in [0.05, 0.1) is 11.0 Å². The third-order valence-corrected chi connectivity index (χ3v) is 14.0. The minimum Gasteiger partial charge on any atom is -0.311 e. The van der Waals surface area contributed by atoms with Crippen molar-refractivity contribution in [2.75, 3.05) is 4.90 Å². The van der Waals surface area contributed by atoms with E-state index in [1.54, 1.807) is 0 Å². The Bertz CT molecular complexity index is 3960. The smallest absolute Gasteiger partial charge is 0.0541 e. The Labute approximate surface area is 408 Å². The van der Waals surface area contributed by atoms with Gasteiger partial charge in [-0.2, -0.15) is 0 Å². The molecule has 328 valence electrons. The molecule has 0 amide bonds. The number of para-hydroxylation sites is 2. The van der Waals surface area contributed by atoms with Gasteiger partial charge in [-0.3, -0.25) is 0 Å². The van der Waals surface area contributed by atoms with Crippen LogP contribution in [0.3, 0.4) is 0 Å². The molecule has 0 aliphatic heterocycles. The summed E-state index contributed by atoms with van der Waals surface area (Å²) in [5, 5.41) is 7.50. The Morgan fingerprint density at radius 1 is 0.243 bits per heavy atom. The van der Waals surface area contributed by atoms with Gasteiger partial charge in [0.1, 0.15) is 0 Å². The number of hydrogen-bond acceptors (Lipinski definition) is 1. The predicted octanol–water partition coefficient (Wildman–Crippen LogP) is 18.9. The minimum atomic E-state index is 1.08. The fourth-order valence-corrected chi connectivity index (χ4v) is 10.6. The Balaban J connectivity index is 0.889. The summed E-state index contributed by atoms with van der Waals surface area (Å²) in [7, 11) is 0. The molecule has 1 heterocycles. The molecule has 0 aliphatic rings. The molecular formula is C68H46N2. The number of fused-ring (bicyclic) bond motifs is 5. The highest BCUT2D eigenvalue weighted by molar-refractivity contribution is 6.10. The first kappa shape index (κ1) is 41.0. The second-order valence-electron chi connectivity index (χ2n) is 18.1. The summed E-state index contributed by atoms with van der Waals surface area (Å²) in [5.74, 6) is 0.